The predicted molar refractivity (Wildman–Crippen MR) is 131 cm³/mol. The molecule has 2 heterocycles. The molecule has 9 heteroatoms. The summed E-state index contributed by atoms with van der Waals surface area (Å²) in [5.74, 6) is -5.65. The minimum Gasteiger partial charge on any atom is -0.508 e. The molecular weight excluding hydrogens is 528 g/mol. The molecule has 2 aromatic carbocycles. The standard InChI is InChI=1S/C27H23BrN2O6/c1-27-19(24(33)29(26(27)35)14-5-3-2-4-6-14)12-17-15(22(27)18-11-13(28)7-10-20(18)31)8-9-16-21(17)25(34)30(36)23(16)32/h2-8,10-11,16-17,19,21-22,31,36H,9,12H2,1H3/t16-,17+,19-,21-,22+,27+/m0/s1. The molecular formula is C27H23BrN2O6. The lowest BCUT2D eigenvalue weighted by Crippen LogP contribution is -2.48. The third-order valence-electron chi connectivity index (χ3n) is 8.57. The van der Waals surface area contributed by atoms with Gasteiger partial charge >= 0.3 is 0 Å². The van der Waals surface area contributed by atoms with Gasteiger partial charge in [0.15, 0.2) is 0 Å². The highest BCUT2D eigenvalue weighted by Crippen LogP contribution is 2.64. The first-order chi connectivity index (χ1) is 17.2. The molecule has 0 radical (unpaired) electrons. The molecule has 4 aliphatic rings. The number of carbonyl (C=O) groups is 4. The third kappa shape index (κ3) is 2.90. The topological polar surface area (TPSA) is 115 Å². The number of anilines is 1. The van der Waals surface area contributed by atoms with Gasteiger partial charge in [0.25, 0.3) is 11.8 Å². The van der Waals surface area contributed by atoms with Crippen molar-refractivity contribution in [1.82, 2.24) is 5.06 Å². The zero-order chi connectivity index (χ0) is 25.5. The maximum absolute atomic E-state index is 14.1. The van der Waals surface area contributed by atoms with Crippen LogP contribution in [0.25, 0.3) is 0 Å². The molecule has 1 saturated carbocycles. The van der Waals surface area contributed by atoms with Gasteiger partial charge in [-0.25, -0.2) is 4.90 Å². The summed E-state index contributed by atoms with van der Waals surface area (Å²) in [5, 5.41) is 21.3. The number of hydrogen-bond acceptors (Lipinski definition) is 6. The van der Waals surface area contributed by atoms with Gasteiger partial charge in [-0.05, 0) is 56.0 Å². The summed E-state index contributed by atoms with van der Waals surface area (Å²) >= 11 is 3.46. The number of allylic oxidation sites excluding steroid dienone is 2. The molecule has 2 aliphatic carbocycles. The van der Waals surface area contributed by atoms with Crippen LogP contribution in [0.3, 0.4) is 0 Å². The fourth-order valence-corrected chi connectivity index (χ4v) is 7.30. The van der Waals surface area contributed by atoms with E-state index in [-0.39, 0.29) is 35.5 Å². The van der Waals surface area contributed by atoms with Gasteiger partial charge in [0, 0.05) is 16.0 Å². The number of phenols is 1. The Morgan fingerprint density at radius 1 is 0.972 bits per heavy atom. The van der Waals surface area contributed by atoms with E-state index < -0.39 is 46.8 Å². The highest BCUT2D eigenvalue weighted by atomic mass is 79.9. The Bertz CT molecular complexity index is 1370. The van der Waals surface area contributed by atoms with Gasteiger partial charge < -0.3 is 5.11 Å². The van der Waals surface area contributed by atoms with Crippen molar-refractivity contribution < 1.29 is 29.5 Å². The van der Waals surface area contributed by atoms with Crippen molar-refractivity contribution in [2.24, 2.45) is 29.1 Å². The number of hydrogen-bond donors (Lipinski definition) is 2. The summed E-state index contributed by atoms with van der Waals surface area (Å²) in [5.41, 5.74) is 0.449. The molecule has 2 aliphatic heterocycles. The largest absolute Gasteiger partial charge is 0.508 e. The highest BCUT2D eigenvalue weighted by molar-refractivity contribution is 9.10. The summed E-state index contributed by atoms with van der Waals surface area (Å²) in [4.78, 5) is 54.8. The Balaban J connectivity index is 1.57. The lowest BCUT2D eigenvalue weighted by molar-refractivity contribution is -0.173. The molecule has 2 aromatic rings. The normalized spacial score (nSPS) is 33.4. The van der Waals surface area contributed by atoms with E-state index in [4.69, 9.17) is 0 Å². The van der Waals surface area contributed by atoms with E-state index in [0.717, 1.165) is 5.57 Å². The molecule has 6 rings (SSSR count). The van der Waals surface area contributed by atoms with Crippen LogP contribution in [0, 0.1) is 29.1 Å². The van der Waals surface area contributed by atoms with Crippen molar-refractivity contribution in [3.63, 3.8) is 0 Å². The molecule has 2 N–H and O–H groups in total. The molecule has 0 aromatic heterocycles. The first-order valence-electron chi connectivity index (χ1n) is 11.8. The fraction of sp³-hybridized carbons (Fsp3) is 0.333. The Morgan fingerprint density at radius 3 is 2.42 bits per heavy atom. The van der Waals surface area contributed by atoms with Crippen LogP contribution in [-0.4, -0.2) is 39.0 Å². The zero-order valence-electron chi connectivity index (χ0n) is 19.3. The summed E-state index contributed by atoms with van der Waals surface area (Å²) in [6.07, 6.45) is 2.29. The van der Waals surface area contributed by atoms with Crippen molar-refractivity contribution in [3.05, 3.63) is 70.2 Å². The number of nitrogens with zero attached hydrogens (tertiary/aromatic N) is 2. The van der Waals surface area contributed by atoms with Crippen molar-refractivity contribution in [2.45, 2.75) is 25.7 Å². The Labute approximate surface area is 215 Å². The molecule has 0 bridgehead atoms. The lowest BCUT2D eigenvalue weighted by Gasteiger charge is -2.49. The minimum atomic E-state index is -1.23. The quantitative estimate of drug-likeness (QED) is 0.334. The van der Waals surface area contributed by atoms with E-state index in [0.29, 0.717) is 15.7 Å². The van der Waals surface area contributed by atoms with Crippen molar-refractivity contribution >= 4 is 45.2 Å². The molecule has 2 saturated heterocycles. The number of para-hydroxylation sites is 1. The van der Waals surface area contributed by atoms with Crippen molar-refractivity contribution in [3.8, 4) is 5.75 Å². The number of halogens is 1. The molecule has 4 amide bonds. The number of hydroxylamine groups is 2. The molecule has 0 spiro atoms. The van der Waals surface area contributed by atoms with E-state index in [1.165, 1.54) is 11.0 Å². The van der Waals surface area contributed by atoms with E-state index in [1.807, 2.05) is 6.08 Å². The van der Waals surface area contributed by atoms with Crippen LogP contribution in [0.1, 0.15) is 31.2 Å². The Hall–Kier alpha value is -3.30. The molecule has 184 valence electrons. The SMILES string of the molecule is C[C@@]12C(=O)N(c3ccccc3)C(=O)[C@@H]1C[C@@H]1C(=CC[C@@H]3C(=O)N(O)C(=O)[C@@H]31)[C@@H]2c1cc(Br)ccc1O. The second-order valence-electron chi connectivity index (χ2n) is 10.2. The van der Waals surface area contributed by atoms with Gasteiger partial charge in [-0.15, -0.1) is 0 Å². The fourth-order valence-electron chi connectivity index (χ4n) is 6.92. The van der Waals surface area contributed by atoms with Gasteiger partial charge in [-0.3, -0.25) is 24.4 Å². The maximum Gasteiger partial charge on any atom is 0.257 e. The Morgan fingerprint density at radius 2 is 1.69 bits per heavy atom. The molecule has 36 heavy (non-hydrogen) atoms. The van der Waals surface area contributed by atoms with E-state index in [2.05, 4.69) is 15.9 Å². The number of phenolic OH excluding ortho intramolecular Hbond substituents is 1. The van der Waals surface area contributed by atoms with Gasteiger partial charge in [-0.2, -0.15) is 5.06 Å². The van der Waals surface area contributed by atoms with E-state index in [9.17, 15) is 29.5 Å². The van der Waals surface area contributed by atoms with Crippen LogP contribution in [0.15, 0.2) is 64.7 Å². The molecule has 8 nitrogen and oxygen atoms in total. The van der Waals surface area contributed by atoms with E-state index in [1.54, 1.807) is 49.4 Å². The van der Waals surface area contributed by atoms with Gasteiger partial charge in [0.05, 0.1) is 28.9 Å². The van der Waals surface area contributed by atoms with Crippen molar-refractivity contribution in [1.29, 1.82) is 0 Å². The van der Waals surface area contributed by atoms with Crippen LogP contribution >= 0.6 is 15.9 Å². The van der Waals surface area contributed by atoms with Crippen LogP contribution < -0.4 is 4.90 Å². The average molecular weight is 551 g/mol. The maximum atomic E-state index is 14.1. The third-order valence-corrected chi connectivity index (χ3v) is 9.06. The number of aromatic hydroxyl groups is 1. The van der Waals surface area contributed by atoms with Gasteiger partial charge in [-0.1, -0.05) is 45.8 Å². The minimum absolute atomic E-state index is 0.0251. The summed E-state index contributed by atoms with van der Waals surface area (Å²) in [6, 6.07) is 13.7. The lowest BCUT2D eigenvalue weighted by atomic mass is 9.51. The molecule has 3 fully saturated rings. The second kappa shape index (κ2) is 7.85. The Kier molecular flexibility index (Phi) is 5.04. The average Bonchev–Trinajstić information content (AvgIpc) is 3.21. The van der Waals surface area contributed by atoms with Crippen LogP contribution in [0.4, 0.5) is 5.69 Å². The first kappa shape index (κ1) is 23.1. The monoisotopic (exact) mass is 550 g/mol. The van der Waals surface area contributed by atoms with Gasteiger partial charge in [0.1, 0.15) is 5.75 Å². The first-order valence-corrected chi connectivity index (χ1v) is 12.6. The van der Waals surface area contributed by atoms with Crippen LogP contribution in [-0.2, 0) is 19.2 Å². The summed E-state index contributed by atoms with van der Waals surface area (Å²) in [6.45, 7) is 1.76. The smallest absolute Gasteiger partial charge is 0.257 e. The van der Waals surface area contributed by atoms with E-state index >= 15 is 0 Å². The number of rotatable bonds is 2. The van der Waals surface area contributed by atoms with Crippen LogP contribution in [0.2, 0.25) is 0 Å². The predicted octanol–water partition coefficient (Wildman–Crippen LogP) is 3.77. The summed E-state index contributed by atoms with van der Waals surface area (Å²) in [7, 11) is 0. The van der Waals surface area contributed by atoms with Crippen LogP contribution in [0.5, 0.6) is 5.75 Å². The number of benzene rings is 2. The highest BCUT2D eigenvalue weighted by Gasteiger charge is 2.67. The summed E-state index contributed by atoms with van der Waals surface area (Å²) < 4.78 is 0.692. The zero-order valence-corrected chi connectivity index (χ0v) is 20.9. The second-order valence-corrected chi connectivity index (χ2v) is 11.1. The molecule has 6 atom stereocenters. The number of carbonyl (C=O) groups excluding carboxylic acids is 4. The van der Waals surface area contributed by atoms with Gasteiger partial charge in [0.2, 0.25) is 11.8 Å². The van der Waals surface area contributed by atoms with Crippen molar-refractivity contribution in [2.75, 3.05) is 4.90 Å². The number of fused-ring (bicyclic) bond motifs is 4. The number of imide groups is 2. The molecule has 0 unspecified atom stereocenters. The number of amides is 4.